The molecule has 0 saturated heterocycles. The van der Waals surface area contributed by atoms with E-state index >= 15 is 0 Å². The molecule has 2 amide bonds. The lowest BCUT2D eigenvalue weighted by Gasteiger charge is -2.07. The third-order valence-electron chi connectivity index (χ3n) is 1.53. The zero-order valence-corrected chi connectivity index (χ0v) is 7.61. The number of hydrogen-bond acceptors (Lipinski definition) is 5. The van der Waals surface area contributed by atoms with Crippen molar-refractivity contribution in [1.82, 2.24) is 9.97 Å². The second-order valence-corrected chi connectivity index (χ2v) is 2.57. The predicted octanol–water partition coefficient (Wildman–Crippen LogP) is -0.183. The third-order valence-corrected chi connectivity index (χ3v) is 1.53. The lowest BCUT2D eigenvalue weighted by atomic mass is 10.4. The summed E-state index contributed by atoms with van der Waals surface area (Å²) in [7, 11) is 0. The van der Waals surface area contributed by atoms with E-state index in [0.717, 1.165) is 0 Å². The minimum absolute atomic E-state index is 0.0295. The van der Waals surface area contributed by atoms with E-state index in [1.807, 2.05) is 0 Å². The molecule has 0 aliphatic heterocycles. The fourth-order valence-electron chi connectivity index (χ4n) is 0.873. The molecule has 0 spiro atoms. The minimum Gasteiger partial charge on any atom is -0.492 e. The van der Waals surface area contributed by atoms with E-state index in [0.29, 0.717) is 12.2 Å². The molecule has 0 radical (unpaired) electrons. The number of carbonyl (C=O) groups is 1. The first kappa shape index (κ1) is 10.0. The molecule has 0 aromatic carbocycles. The van der Waals surface area contributed by atoms with E-state index in [4.69, 9.17) is 11.5 Å². The zero-order chi connectivity index (χ0) is 10.7. The van der Waals surface area contributed by atoms with Crippen molar-refractivity contribution in [1.29, 1.82) is 0 Å². The van der Waals surface area contributed by atoms with Crippen LogP contribution in [0, 0.1) is 0 Å². The largest absolute Gasteiger partial charge is 0.492 e. The number of amides is 2. The normalized spacial score (nSPS) is 9.79. The number of nitrogens with zero attached hydrogens (tertiary/aromatic N) is 2. The van der Waals surface area contributed by atoms with Crippen LogP contribution in [0.5, 0.6) is 5.88 Å². The smallest absolute Gasteiger partial charge is 0.317 e. The molecular weight excluding hydrogens is 186 g/mol. The van der Waals surface area contributed by atoms with Gasteiger partial charge < -0.3 is 16.6 Å². The number of nitrogens with one attached hydrogen (secondary N) is 1. The van der Waals surface area contributed by atoms with E-state index in [9.17, 15) is 9.90 Å². The highest BCUT2D eigenvalue weighted by Gasteiger charge is 2.10. The number of urea groups is 1. The number of primary amides is 1. The van der Waals surface area contributed by atoms with E-state index in [1.165, 1.54) is 0 Å². The number of rotatable bonds is 2. The van der Waals surface area contributed by atoms with Crippen LogP contribution in [-0.4, -0.2) is 21.1 Å². The number of nitrogen functional groups attached to an aromatic ring is 1. The standard InChI is InChI=1S/C7H11N5O2/c1-2-3-10-5(12-7(9)14)4(8)6(13)11-3/h2,8H2,1H3,(H4,9,10,11,12,13,14). The fourth-order valence-corrected chi connectivity index (χ4v) is 0.873. The Kier molecular flexibility index (Phi) is 2.70. The van der Waals surface area contributed by atoms with Crippen molar-refractivity contribution in [2.24, 2.45) is 5.73 Å². The van der Waals surface area contributed by atoms with Gasteiger partial charge in [-0.05, 0) is 0 Å². The van der Waals surface area contributed by atoms with Crippen LogP contribution in [0.4, 0.5) is 16.3 Å². The van der Waals surface area contributed by atoms with Crippen molar-refractivity contribution in [2.75, 3.05) is 11.1 Å². The quantitative estimate of drug-likeness (QED) is 0.522. The van der Waals surface area contributed by atoms with Crippen LogP contribution in [0.1, 0.15) is 12.7 Å². The highest BCUT2D eigenvalue weighted by Crippen LogP contribution is 2.24. The molecule has 7 heteroatoms. The van der Waals surface area contributed by atoms with Crippen LogP contribution in [0.25, 0.3) is 0 Å². The molecule has 0 saturated carbocycles. The van der Waals surface area contributed by atoms with Crippen LogP contribution in [0.3, 0.4) is 0 Å². The molecular formula is C7H11N5O2. The number of nitrogens with two attached hydrogens (primary N) is 2. The van der Waals surface area contributed by atoms with Crippen LogP contribution < -0.4 is 16.8 Å². The number of hydrogen-bond donors (Lipinski definition) is 4. The van der Waals surface area contributed by atoms with Gasteiger partial charge in [-0.3, -0.25) is 5.32 Å². The van der Waals surface area contributed by atoms with Crippen LogP contribution in [0.2, 0.25) is 0 Å². The van der Waals surface area contributed by atoms with Crippen LogP contribution in [-0.2, 0) is 6.42 Å². The average Bonchev–Trinajstić information content (AvgIpc) is 2.11. The summed E-state index contributed by atoms with van der Waals surface area (Å²) in [5.74, 6) is 0.0444. The molecule has 7 nitrogen and oxygen atoms in total. The summed E-state index contributed by atoms with van der Waals surface area (Å²) in [6, 6.07) is -0.795. The second-order valence-electron chi connectivity index (χ2n) is 2.57. The SMILES string of the molecule is CCc1nc(O)c(N)c(NC(N)=O)n1. The molecule has 6 N–H and O–H groups in total. The molecule has 1 heterocycles. The van der Waals surface area contributed by atoms with Gasteiger partial charge in [0.15, 0.2) is 5.82 Å². The van der Waals surface area contributed by atoms with Gasteiger partial charge in [0.05, 0.1) is 0 Å². The average molecular weight is 197 g/mol. The first-order valence-corrected chi connectivity index (χ1v) is 3.96. The van der Waals surface area contributed by atoms with Crippen molar-refractivity contribution in [2.45, 2.75) is 13.3 Å². The summed E-state index contributed by atoms with van der Waals surface area (Å²) in [5.41, 5.74) is 10.2. The van der Waals surface area contributed by atoms with Gasteiger partial charge in [0.25, 0.3) is 0 Å². The Balaban J connectivity index is 3.13. The molecule has 0 fully saturated rings. The Hall–Kier alpha value is -2.05. The first-order chi connectivity index (χ1) is 6.54. The summed E-state index contributed by atoms with van der Waals surface area (Å²) in [4.78, 5) is 18.1. The minimum atomic E-state index is -0.795. The van der Waals surface area contributed by atoms with Gasteiger partial charge in [-0.2, -0.15) is 4.98 Å². The Morgan fingerprint density at radius 2 is 2.21 bits per heavy atom. The maximum absolute atomic E-state index is 10.5. The van der Waals surface area contributed by atoms with Crippen molar-refractivity contribution in [3.8, 4) is 5.88 Å². The van der Waals surface area contributed by atoms with Gasteiger partial charge in [-0.25, -0.2) is 9.78 Å². The molecule has 0 aliphatic carbocycles. The molecule has 14 heavy (non-hydrogen) atoms. The summed E-state index contributed by atoms with van der Waals surface area (Å²) in [6.45, 7) is 1.80. The van der Waals surface area contributed by atoms with Gasteiger partial charge in [-0.1, -0.05) is 6.92 Å². The number of aryl methyl sites for hydroxylation is 1. The summed E-state index contributed by atoms with van der Waals surface area (Å²) < 4.78 is 0. The van der Waals surface area contributed by atoms with Crippen LogP contribution >= 0.6 is 0 Å². The molecule has 0 atom stereocenters. The second kappa shape index (κ2) is 3.77. The van der Waals surface area contributed by atoms with Crippen molar-refractivity contribution < 1.29 is 9.90 Å². The number of anilines is 2. The predicted molar refractivity (Wildman–Crippen MR) is 50.7 cm³/mol. The van der Waals surface area contributed by atoms with E-state index in [-0.39, 0.29) is 17.4 Å². The number of aromatic nitrogens is 2. The molecule has 76 valence electrons. The summed E-state index contributed by atoms with van der Waals surface area (Å²) >= 11 is 0. The Morgan fingerprint density at radius 1 is 1.57 bits per heavy atom. The first-order valence-electron chi connectivity index (χ1n) is 3.96. The molecule has 0 unspecified atom stereocenters. The van der Waals surface area contributed by atoms with Gasteiger partial charge in [0.2, 0.25) is 5.88 Å². The Labute approximate surface area is 80.2 Å². The van der Waals surface area contributed by atoms with E-state index in [2.05, 4.69) is 15.3 Å². The van der Waals surface area contributed by atoms with E-state index < -0.39 is 6.03 Å². The van der Waals surface area contributed by atoms with Gasteiger partial charge >= 0.3 is 6.03 Å². The van der Waals surface area contributed by atoms with Gasteiger partial charge in [0, 0.05) is 6.42 Å². The lowest BCUT2D eigenvalue weighted by Crippen LogP contribution is -2.21. The summed E-state index contributed by atoms with van der Waals surface area (Å²) in [5, 5.41) is 11.4. The zero-order valence-electron chi connectivity index (χ0n) is 7.61. The van der Waals surface area contributed by atoms with E-state index in [1.54, 1.807) is 6.92 Å². The van der Waals surface area contributed by atoms with Gasteiger partial charge in [0.1, 0.15) is 11.5 Å². The third kappa shape index (κ3) is 2.00. The maximum atomic E-state index is 10.5. The van der Waals surface area contributed by atoms with Crippen molar-refractivity contribution in [3.05, 3.63) is 5.82 Å². The molecule has 1 aromatic heterocycles. The number of aromatic hydroxyl groups is 1. The highest BCUT2D eigenvalue weighted by atomic mass is 16.3. The summed E-state index contributed by atoms with van der Waals surface area (Å²) in [6.07, 6.45) is 0.515. The molecule has 1 aromatic rings. The molecule has 0 bridgehead atoms. The Morgan fingerprint density at radius 3 is 2.71 bits per heavy atom. The Bertz CT molecular complexity index is 365. The maximum Gasteiger partial charge on any atom is 0.317 e. The fraction of sp³-hybridized carbons (Fsp3) is 0.286. The van der Waals surface area contributed by atoms with Crippen molar-refractivity contribution >= 4 is 17.5 Å². The monoisotopic (exact) mass is 197 g/mol. The van der Waals surface area contributed by atoms with Crippen LogP contribution in [0.15, 0.2) is 0 Å². The molecule has 1 rings (SSSR count). The van der Waals surface area contributed by atoms with Crippen molar-refractivity contribution in [3.63, 3.8) is 0 Å². The van der Waals surface area contributed by atoms with Gasteiger partial charge in [-0.15, -0.1) is 0 Å². The topological polar surface area (TPSA) is 127 Å². The molecule has 0 aliphatic rings. The number of carbonyl (C=O) groups excluding carboxylic acids is 1. The highest BCUT2D eigenvalue weighted by molar-refractivity contribution is 5.90. The lowest BCUT2D eigenvalue weighted by molar-refractivity contribution is 0.259.